The summed E-state index contributed by atoms with van der Waals surface area (Å²) in [4.78, 5) is 25.3. The largest absolute Gasteiger partial charge is 0.274 e. The van der Waals surface area contributed by atoms with Gasteiger partial charge in [-0.2, -0.15) is 0 Å². The average molecular weight is 245 g/mol. The van der Waals surface area contributed by atoms with Crippen LogP contribution >= 0.6 is 0 Å². The van der Waals surface area contributed by atoms with E-state index in [1.807, 2.05) is 24.3 Å². The molecule has 0 bridgehead atoms. The van der Waals surface area contributed by atoms with Gasteiger partial charge in [-0.25, -0.2) is 0 Å². The minimum Gasteiger partial charge on any atom is -0.274 e. The molecule has 1 heterocycles. The van der Waals surface area contributed by atoms with Crippen LogP contribution in [0.3, 0.4) is 0 Å². The second kappa shape index (κ2) is 4.56. The molecule has 96 valence electrons. The van der Waals surface area contributed by atoms with Crippen molar-refractivity contribution in [2.24, 2.45) is 0 Å². The molecule has 0 atom stereocenters. The number of piperidine rings is 1. The summed E-state index contributed by atoms with van der Waals surface area (Å²) in [6.45, 7) is 6.26. The van der Waals surface area contributed by atoms with Crippen LogP contribution in [-0.4, -0.2) is 11.8 Å². The highest BCUT2D eigenvalue weighted by atomic mass is 16.2. The molecule has 3 heteroatoms. The molecule has 0 aliphatic carbocycles. The van der Waals surface area contributed by atoms with Crippen molar-refractivity contribution in [1.29, 1.82) is 0 Å². The van der Waals surface area contributed by atoms with Crippen LogP contribution in [0.25, 0.3) is 0 Å². The molecule has 1 saturated heterocycles. The van der Waals surface area contributed by atoms with Crippen molar-refractivity contribution < 1.29 is 9.59 Å². The van der Waals surface area contributed by atoms with Crippen molar-refractivity contribution in [3.8, 4) is 0 Å². The highest BCUT2D eigenvalue weighted by molar-refractivity contribution is 6.16. The summed E-state index contributed by atoms with van der Waals surface area (Å²) < 4.78 is 0. The van der Waals surface area contributed by atoms with E-state index in [9.17, 15) is 9.59 Å². The lowest BCUT2D eigenvalue weighted by Crippen LogP contribution is -2.41. The van der Waals surface area contributed by atoms with Crippen LogP contribution in [0.2, 0.25) is 0 Å². The number of imide groups is 1. The molecule has 2 amide bonds. The van der Waals surface area contributed by atoms with E-state index in [4.69, 9.17) is 0 Å². The predicted octanol–water partition coefficient (Wildman–Crippen LogP) is 3.03. The maximum atomic E-state index is 12.0. The molecule has 0 radical (unpaired) electrons. The van der Waals surface area contributed by atoms with Gasteiger partial charge in [-0.3, -0.25) is 14.5 Å². The number of amides is 2. The lowest BCUT2D eigenvalue weighted by atomic mass is 9.85. The second-order valence-electron chi connectivity index (χ2n) is 5.74. The molecule has 1 aliphatic rings. The fraction of sp³-hybridized carbons (Fsp3) is 0.467. The van der Waals surface area contributed by atoms with E-state index in [0.29, 0.717) is 19.3 Å². The van der Waals surface area contributed by atoms with Gasteiger partial charge in [0, 0.05) is 12.8 Å². The van der Waals surface area contributed by atoms with Gasteiger partial charge >= 0.3 is 0 Å². The summed E-state index contributed by atoms with van der Waals surface area (Å²) >= 11 is 0. The zero-order chi connectivity index (χ0) is 13.3. The van der Waals surface area contributed by atoms with Crippen molar-refractivity contribution in [3.05, 3.63) is 29.8 Å². The van der Waals surface area contributed by atoms with Crippen LogP contribution in [0.5, 0.6) is 0 Å². The quantitative estimate of drug-likeness (QED) is 0.713. The lowest BCUT2D eigenvalue weighted by Gasteiger charge is -2.31. The molecule has 0 aromatic heterocycles. The van der Waals surface area contributed by atoms with Gasteiger partial charge in [-0.1, -0.05) is 39.0 Å². The summed E-state index contributed by atoms with van der Waals surface area (Å²) in [5.41, 5.74) is 1.70. The molecule has 18 heavy (non-hydrogen) atoms. The number of rotatable bonds is 1. The van der Waals surface area contributed by atoms with Crippen LogP contribution in [0.1, 0.15) is 45.6 Å². The standard InChI is InChI=1S/C15H19NO2/c1-15(2,3)11-7-4-5-8-12(11)16-13(17)9-6-10-14(16)18/h4-5,7-8H,6,9-10H2,1-3H3. The molecule has 3 nitrogen and oxygen atoms in total. The molecule has 0 saturated carbocycles. The van der Waals surface area contributed by atoms with Crippen LogP contribution < -0.4 is 4.90 Å². The molecule has 1 fully saturated rings. The Bertz CT molecular complexity index is 470. The van der Waals surface area contributed by atoms with Crippen molar-refractivity contribution in [2.45, 2.75) is 45.4 Å². The normalized spacial score (nSPS) is 17.2. The third-order valence-electron chi connectivity index (χ3n) is 3.23. The molecule has 0 N–H and O–H groups in total. The highest BCUT2D eigenvalue weighted by Crippen LogP contribution is 2.33. The first kappa shape index (κ1) is 12.8. The van der Waals surface area contributed by atoms with Crippen LogP contribution in [0.4, 0.5) is 5.69 Å². The Kier molecular flexibility index (Phi) is 3.24. The monoisotopic (exact) mass is 245 g/mol. The smallest absolute Gasteiger partial charge is 0.233 e. The van der Waals surface area contributed by atoms with Crippen molar-refractivity contribution in [3.63, 3.8) is 0 Å². The molecule has 2 rings (SSSR count). The fourth-order valence-corrected chi connectivity index (χ4v) is 2.33. The van der Waals surface area contributed by atoms with Gasteiger partial charge in [0.15, 0.2) is 0 Å². The predicted molar refractivity (Wildman–Crippen MR) is 71.5 cm³/mol. The van der Waals surface area contributed by atoms with Crippen LogP contribution in [-0.2, 0) is 15.0 Å². The van der Waals surface area contributed by atoms with Gasteiger partial charge in [-0.05, 0) is 23.5 Å². The van der Waals surface area contributed by atoms with Crippen LogP contribution in [0.15, 0.2) is 24.3 Å². The molecule has 0 spiro atoms. The zero-order valence-corrected chi connectivity index (χ0v) is 11.2. The average Bonchev–Trinajstić information content (AvgIpc) is 2.28. The van der Waals surface area contributed by atoms with E-state index in [1.54, 1.807) is 0 Å². The first-order chi connectivity index (χ1) is 8.41. The van der Waals surface area contributed by atoms with Crippen molar-refractivity contribution in [1.82, 2.24) is 0 Å². The molecule has 1 aromatic carbocycles. The first-order valence-corrected chi connectivity index (χ1v) is 6.36. The SMILES string of the molecule is CC(C)(C)c1ccccc1N1C(=O)CCCC1=O. The Morgan fingerprint density at radius 1 is 1.00 bits per heavy atom. The molecular weight excluding hydrogens is 226 g/mol. The van der Waals surface area contributed by atoms with Gasteiger partial charge < -0.3 is 0 Å². The highest BCUT2D eigenvalue weighted by Gasteiger charge is 2.31. The lowest BCUT2D eigenvalue weighted by molar-refractivity contribution is -0.129. The maximum absolute atomic E-state index is 12.0. The van der Waals surface area contributed by atoms with E-state index in [-0.39, 0.29) is 17.2 Å². The number of hydrogen-bond acceptors (Lipinski definition) is 2. The topological polar surface area (TPSA) is 37.4 Å². The Labute approximate surface area is 108 Å². The second-order valence-corrected chi connectivity index (χ2v) is 5.74. The molecular formula is C15H19NO2. The fourth-order valence-electron chi connectivity index (χ4n) is 2.33. The van der Waals surface area contributed by atoms with Crippen molar-refractivity contribution in [2.75, 3.05) is 4.90 Å². The van der Waals surface area contributed by atoms with Gasteiger partial charge in [0.1, 0.15) is 0 Å². The Morgan fingerprint density at radius 3 is 2.11 bits per heavy atom. The summed E-state index contributed by atoms with van der Waals surface area (Å²) in [7, 11) is 0. The van der Waals surface area contributed by atoms with Gasteiger partial charge in [0.05, 0.1) is 5.69 Å². The molecule has 0 unspecified atom stereocenters. The molecule has 1 aromatic rings. The summed E-state index contributed by atoms with van der Waals surface area (Å²) in [6, 6.07) is 7.68. The Hall–Kier alpha value is -1.64. The minimum atomic E-state index is -0.0887. The number of carbonyl (C=O) groups excluding carboxylic acids is 2. The Morgan fingerprint density at radius 2 is 1.56 bits per heavy atom. The van der Waals surface area contributed by atoms with E-state index in [2.05, 4.69) is 20.8 Å². The minimum absolute atomic E-state index is 0.0806. The summed E-state index contributed by atoms with van der Waals surface area (Å²) in [6.07, 6.45) is 1.60. The van der Waals surface area contributed by atoms with Gasteiger partial charge in [0.2, 0.25) is 11.8 Å². The number of nitrogens with zero attached hydrogens (tertiary/aromatic N) is 1. The summed E-state index contributed by atoms with van der Waals surface area (Å²) in [5.74, 6) is -0.161. The van der Waals surface area contributed by atoms with E-state index in [0.717, 1.165) is 11.3 Å². The number of benzene rings is 1. The van der Waals surface area contributed by atoms with Crippen molar-refractivity contribution >= 4 is 17.5 Å². The summed E-state index contributed by atoms with van der Waals surface area (Å²) in [5, 5.41) is 0. The molecule has 1 aliphatic heterocycles. The third-order valence-corrected chi connectivity index (χ3v) is 3.23. The number of carbonyl (C=O) groups is 2. The number of para-hydroxylation sites is 1. The van der Waals surface area contributed by atoms with E-state index < -0.39 is 0 Å². The van der Waals surface area contributed by atoms with E-state index >= 15 is 0 Å². The van der Waals surface area contributed by atoms with Gasteiger partial charge in [0.25, 0.3) is 0 Å². The van der Waals surface area contributed by atoms with Gasteiger partial charge in [-0.15, -0.1) is 0 Å². The first-order valence-electron chi connectivity index (χ1n) is 6.36. The Balaban J connectivity index is 2.50. The van der Waals surface area contributed by atoms with E-state index in [1.165, 1.54) is 4.90 Å². The number of anilines is 1. The maximum Gasteiger partial charge on any atom is 0.233 e. The van der Waals surface area contributed by atoms with Crippen LogP contribution in [0, 0.1) is 0 Å². The number of hydrogen-bond donors (Lipinski definition) is 0. The third kappa shape index (κ3) is 2.30. The zero-order valence-electron chi connectivity index (χ0n) is 11.2.